The number of rotatable bonds is 10. The molecule has 5 heteroatoms. The van der Waals surface area contributed by atoms with E-state index in [2.05, 4.69) is 24.1 Å². The van der Waals surface area contributed by atoms with Gasteiger partial charge in [0, 0.05) is 19.7 Å². The fourth-order valence-corrected chi connectivity index (χ4v) is 2.45. The third-order valence-corrected chi connectivity index (χ3v) is 3.59. The van der Waals surface area contributed by atoms with Gasteiger partial charge in [0.05, 0.1) is 12.7 Å². The van der Waals surface area contributed by atoms with Gasteiger partial charge in [-0.05, 0) is 39.3 Å². The van der Waals surface area contributed by atoms with Gasteiger partial charge in [0.2, 0.25) is 0 Å². The Balaban J connectivity index is 2.47. The van der Waals surface area contributed by atoms with Crippen LogP contribution in [0.25, 0.3) is 0 Å². The molecule has 20 heavy (non-hydrogen) atoms. The van der Waals surface area contributed by atoms with Crippen LogP contribution in [-0.4, -0.2) is 62.4 Å². The molecule has 1 heterocycles. The summed E-state index contributed by atoms with van der Waals surface area (Å²) in [6.45, 7) is 10.7. The molecule has 0 aromatic heterocycles. The van der Waals surface area contributed by atoms with Gasteiger partial charge in [0.15, 0.2) is 0 Å². The summed E-state index contributed by atoms with van der Waals surface area (Å²) in [6, 6.07) is -0.240. The highest BCUT2D eigenvalue weighted by Gasteiger charge is 2.24. The topological polar surface area (TPSA) is 50.8 Å². The zero-order chi connectivity index (χ0) is 14.8. The lowest BCUT2D eigenvalue weighted by Crippen LogP contribution is -2.48. The second kappa shape index (κ2) is 10.1. The van der Waals surface area contributed by atoms with Gasteiger partial charge in [-0.2, -0.15) is 0 Å². The van der Waals surface area contributed by atoms with Gasteiger partial charge in [0.1, 0.15) is 6.04 Å². The summed E-state index contributed by atoms with van der Waals surface area (Å²) < 4.78 is 10.8. The van der Waals surface area contributed by atoms with Crippen LogP contribution < -0.4 is 5.32 Å². The average molecular weight is 286 g/mol. The van der Waals surface area contributed by atoms with Crippen molar-refractivity contribution in [3.8, 4) is 0 Å². The first kappa shape index (κ1) is 17.4. The largest absolute Gasteiger partial charge is 0.465 e. The minimum atomic E-state index is -0.240. The van der Waals surface area contributed by atoms with Crippen molar-refractivity contribution in [2.24, 2.45) is 0 Å². The summed E-state index contributed by atoms with van der Waals surface area (Å²) in [5.41, 5.74) is 0. The van der Waals surface area contributed by atoms with E-state index in [1.54, 1.807) is 0 Å². The van der Waals surface area contributed by atoms with Gasteiger partial charge >= 0.3 is 5.97 Å². The summed E-state index contributed by atoms with van der Waals surface area (Å²) in [4.78, 5) is 14.3. The summed E-state index contributed by atoms with van der Waals surface area (Å²) in [6.07, 6.45) is 3.61. The van der Waals surface area contributed by atoms with E-state index in [-0.39, 0.29) is 12.0 Å². The lowest BCUT2D eigenvalue weighted by atomic mass is 10.2. The first-order valence-electron chi connectivity index (χ1n) is 7.95. The highest BCUT2D eigenvalue weighted by atomic mass is 16.5. The number of hydrogen-bond donors (Lipinski definition) is 1. The second-order valence-electron chi connectivity index (χ2n) is 5.25. The molecule has 1 N–H and O–H groups in total. The van der Waals surface area contributed by atoms with Crippen LogP contribution in [0.15, 0.2) is 0 Å². The monoisotopic (exact) mass is 286 g/mol. The summed E-state index contributed by atoms with van der Waals surface area (Å²) >= 11 is 0. The molecule has 0 bridgehead atoms. The number of ether oxygens (including phenoxy) is 2. The van der Waals surface area contributed by atoms with Crippen LogP contribution in [0.5, 0.6) is 0 Å². The number of nitrogens with zero attached hydrogens (tertiary/aromatic N) is 1. The van der Waals surface area contributed by atoms with E-state index < -0.39 is 0 Å². The molecule has 1 fully saturated rings. The van der Waals surface area contributed by atoms with E-state index in [1.807, 2.05) is 6.92 Å². The van der Waals surface area contributed by atoms with E-state index in [0.717, 1.165) is 45.5 Å². The van der Waals surface area contributed by atoms with E-state index in [1.165, 1.54) is 0 Å². The van der Waals surface area contributed by atoms with E-state index >= 15 is 0 Å². The van der Waals surface area contributed by atoms with Crippen LogP contribution in [0.2, 0.25) is 0 Å². The SMILES string of the molecule is CCCNC(CN(CC)CC1CCCO1)C(=O)OCC. The van der Waals surface area contributed by atoms with Crippen molar-refractivity contribution in [1.82, 2.24) is 10.2 Å². The van der Waals surface area contributed by atoms with Crippen LogP contribution in [-0.2, 0) is 14.3 Å². The quantitative estimate of drug-likeness (QED) is 0.616. The maximum atomic E-state index is 12.0. The van der Waals surface area contributed by atoms with Crippen molar-refractivity contribution >= 4 is 5.97 Å². The fraction of sp³-hybridized carbons (Fsp3) is 0.933. The molecular weight excluding hydrogens is 256 g/mol. The Hall–Kier alpha value is -0.650. The minimum absolute atomic E-state index is 0.147. The maximum absolute atomic E-state index is 12.0. The first-order valence-corrected chi connectivity index (χ1v) is 7.95. The molecule has 1 saturated heterocycles. The van der Waals surface area contributed by atoms with Crippen LogP contribution in [0.3, 0.4) is 0 Å². The van der Waals surface area contributed by atoms with Crippen molar-refractivity contribution in [2.75, 3.05) is 39.4 Å². The lowest BCUT2D eigenvalue weighted by molar-refractivity contribution is -0.146. The van der Waals surface area contributed by atoms with E-state index in [0.29, 0.717) is 19.3 Å². The number of carbonyl (C=O) groups excluding carboxylic acids is 1. The third kappa shape index (κ3) is 6.20. The summed E-state index contributed by atoms with van der Waals surface area (Å²) in [7, 11) is 0. The number of esters is 1. The van der Waals surface area contributed by atoms with Gasteiger partial charge in [0.25, 0.3) is 0 Å². The number of carbonyl (C=O) groups is 1. The molecular formula is C15H30N2O3. The fourth-order valence-electron chi connectivity index (χ4n) is 2.45. The highest BCUT2D eigenvalue weighted by molar-refractivity contribution is 5.76. The van der Waals surface area contributed by atoms with Gasteiger partial charge in [-0.3, -0.25) is 9.69 Å². The van der Waals surface area contributed by atoms with Crippen LogP contribution >= 0.6 is 0 Å². The molecule has 0 saturated carbocycles. The molecule has 0 aliphatic carbocycles. The zero-order valence-electron chi connectivity index (χ0n) is 13.2. The van der Waals surface area contributed by atoms with Crippen molar-refractivity contribution in [2.45, 2.75) is 52.2 Å². The maximum Gasteiger partial charge on any atom is 0.324 e. The molecule has 5 nitrogen and oxygen atoms in total. The molecule has 0 radical (unpaired) electrons. The first-order chi connectivity index (χ1) is 9.71. The Morgan fingerprint density at radius 2 is 2.25 bits per heavy atom. The predicted octanol–water partition coefficient (Wildman–Crippen LogP) is 1.42. The molecule has 0 aromatic rings. The van der Waals surface area contributed by atoms with Crippen molar-refractivity contribution in [1.29, 1.82) is 0 Å². The van der Waals surface area contributed by atoms with Crippen LogP contribution in [0.1, 0.15) is 40.0 Å². The summed E-state index contributed by atoms with van der Waals surface area (Å²) in [5, 5.41) is 3.29. The molecule has 0 aromatic carbocycles. The number of nitrogens with one attached hydrogen (secondary N) is 1. The van der Waals surface area contributed by atoms with Gasteiger partial charge in [-0.25, -0.2) is 0 Å². The van der Waals surface area contributed by atoms with Crippen LogP contribution in [0, 0.1) is 0 Å². The molecule has 2 atom stereocenters. The van der Waals surface area contributed by atoms with Gasteiger partial charge in [-0.15, -0.1) is 0 Å². The van der Waals surface area contributed by atoms with Crippen LogP contribution in [0.4, 0.5) is 0 Å². The predicted molar refractivity (Wildman–Crippen MR) is 79.8 cm³/mol. The average Bonchev–Trinajstić information content (AvgIpc) is 2.95. The Kier molecular flexibility index (Phi) is 8.82. The van der Waals surface area contributed by atoms with Gasteiger partial charge < -0.3 is 14.8 Å². The Morgan fingerprint density at radius 3 is 2.80 bits per heavy atom. The number of hydrogen-bond acceptors (Lipinski definition) is 5. The molecule has 1 rings (SSSR count). The molecule has 2 unspecified atom stereocenters. The third-order valence-electron chi connectivity index (χ3n) is 3.59. The van der Waals surface area contributed by atoms with E-state index in [4.69, 9.17) is 9.47 Å². The van der Waals surface area contributed by atoms with Crippen molar-refractivity contribution < 1.29 is 14.3 Å². The molecule has 1 aliphatic heterocycles. The Bertz CT molecular complexity index is 268. The van der Waals surface area contributed by atoms with Crippen molar-refractivity contribution in [3.05, 3.63) is 0 Å². The Labute approximate surface area is 123 Å². The zero-order valence-corrected chi connectivity index (χ0v) is 13.2. The molecule has 118 valence electrons. The number of likely N-dealkylation sites (N-methyl/N-ethyl adjacent to an activating group) is 1. The molecule has 0 spiro atoms. The van der Waals surface area contributed by atoms with E-state index in [9.17, 15) is 4.79 Å². The highest BCUT2D eigenvalue weighted by Crippen LogP contribution is 2.13. The van der Waals surface area contributed by atoms with Gasteiger partial charge in [-0.1, -0.05) is 13.8 Å². The molecule has 1 aliphatic rings. The second-order valence-corrected chi connectivity index (χ2v) is 5.25. The van der Waals surface area contributed by atoms with Crippen molar-refractivity contribution in [3.63, 3.8) is 0 Å². The Morgan fingerprint density at radius 1 is 1.45 bits per heavy atom. The lowest BCUT2D eigenvalue weighted by Gasteiger charge is -2.27. The summed E-state index contributed by atoms with van der Waals surface area (Å²) in [5.74, 6) is -0.147. The standard InChI is InChI=1S/C15H30N2O3/c1-4-9-16-14(15(18)19-6-3)12-17(5-2)11-13-8-7-10-20-13/h13-14,16H,4-12H2,1-3H3. The normalized spacial score (nSPS) is 20.3. The minimum Gasteiger partial charge on any atom is -0.465 e. The molecule has 0 amide bonds. The smallest absolute Gasteiger partial charge is 0.324 e.